The van der Waals surface area contributed by atoms with E-state index in [2.05, 4.69) is 4.98 Å². The Hall–Kier alpha value is -1.92. The molecule has 6 heteroatoms. The van der Waals surface area contributed by atoms with Crippen molar-refractivity contribution in [2.75, 3.05) is 0 Å². The number of pyridine rings is 1. The van der Waals surface area contributed by atoms with Gasteiger partial charge in [0.15, 0.2) is 0 Å². The van der Waals surface area contributed by atoms with E-state index in [1.807, 2.05) is 23.6 Å². The van der Waals surface area contributed by atoms with E-state index in [-0.39, 0.29) is 17.7 Å². The van der Waals surface area contributed by atoms with Crippen molar-refractivity contribution >= 4 is 40.3 Å². The third-order valence-corrected chi connectivity index (χ3v) is 4.48. The number of nitrogens with zero attached hydrogens (tertiary/aromatic N) is 2. The molecule has 0 bridgehead atoms. The first-order valence-corrected chi connectivity index (χ1v) is 7.61. The van der Waals surface area contributed by atoms with Gasteiger partial charge >= 0.3 is 0 Å². The van der Waals surface area contributed by atoms with Crippen molar-refractivity contribution in [3.63, 3.8) is 0 Å². The molecule has 2 amide bonds. The van der Waals surface area contributed by atoms with Gasteiger partial charge in [-0.15, -0.1) is 11.3 Å². The van der Waals surface area contributed by atoms with E-state index >= 15 is 0 Å². The molecule has 0 radical (unpaired) electrons. The van der Waals surface area contributed by atoms with Gasteiger partial charge in [0.05, 0.1) is 11.4 Å². The Labute approximate surface area is 124 Å². The number of amides is 2. The molecular formula is C14H10N2O2S2. The van der Waals surface area contributed by atoms with Crippen LogP contribution in [0.25, 0.3) is 6.08 Å². The minimum atomic E-state index is -0.239. The van der Waals surface area contributed by atoms with Gasteiger partial charge in [0.1, 0.15) is 0 Å². The molecule has 0 aliphatic carbocycles. The number of hydrogen-bond acceptors (Lipinski definition) is 5. The van der Waals surface area contributed by atoms with E-state index < -0.39 is 0 Å². The van der Waals surface area contributed by atoms with E-state index in [4.69, 9.17) is 0 Å². The number of carbonyl (C=O) groups is 2. The fourth-order valence-corrected chi connectivity index (χ4v) is 3.37. The lowest BCUT2D eigenvalue weighted by Crippen LogP contribution is -2.27. The first kappa shape index (κ1) is 13.1. The summed E-state index contributed by atoms with van der Waals surface area (Å²) in [6, 6.07) is 7.46. The van der Waals surface area contributed by atoms with E-state index in [1.165, 1.54) is 16.2 Å². The maximum Gasteiger partial charge on any atom is 0.293 e. The molecule has 3 heterocycles. The van der Waals surface area contributed by atoms with Gasteiger partial charge in [0.25, 0.3) is 11.1 Å². The van der Waals surface area contributed by atoms with Crippen LogP contribution in [0.3, 0.4) is 0 Å². The van der Waals surface area contributed by atoms with Gasteiger partial charge in [-0.25, -0.2) is 0 Å². The summed E-state index contributed by atoms with van der Waals surface area (Å²) in [6.45, 7) is 0.264. The number of rotatable bonds is 3. The predicted octanol–water partition coefficient (Wildman–Crippen LogP) is 3.38. The Balaban J connectivity index is 1.81. The van der Waals surface area contributed by atoms with Crippen LogP contribution < -0.4 is 0 Å². The minimum absolute atomic E-state index is 0.235. The Kier molecular flexibility index (Phi) is 3.66. The number of thioether (sulfide) groups is 1. The molecule has 1 saturated heterocycles. The zero-order valence-corrected chi connectivity index (χ0v) is 12.0. The van der Waals surface area contributed by atoms with Crippen LogP contribution in [0.1, 0.15) is 10.4 Å². The molecule has 1 aliphatic rings. The number of aromatic nitrogens is 1. The molecule has 1 fully saturated rings. The molecule has 0 spiro atoms. The lowest BCUT2D eigenvalue weighted by atomic mass is 10.2. The maximum atomic E-state index is 12.2. The highest BCUT2D eigenvalue weighted by atomic mass is 32.2. The zero-order valence-electron chi connectivity index (χ0n) is 10.4. The normalized spacial score (nSPS) is 17.2. The average molecular weight is 302 g/mol. The van der Waals surface area contributed by atoms with Crippen molar-refractivity contribution < 1.29 is 9.59 Å². The van der Waals surface area contributed by atoms with Crippen LogP contribution in [0, 0.1) is 0 Å². The van der Waals surface area contributed by atoms with Crippen LogP contribution in [-0.4, -0.2) is 21.0 Å². The van der Waals surface area contributed by atoms with Gasteiger partial charge in [-0.05, 0) is 40.9 Å². The van der Waals surface area contributed by atoms with Gasteiger partial charge < -0.3 is 0 Å². The molecule has 0 aromatic carbocycles. The van der Waals surface area contributed by atoms with Gasteiger partial charge in [0, 0.05) is 17.3 Å². The summed E-state index contributed by atoms with van der Waals surface area (Å²) in [7, 11) is 0. The molecule has 1 aliphatic heterocycles. The van der Waals surface area contributed by atoms with Gasteiger partial charge in [-0.2, -0.15) is 0 Å². The summed E-state index contributed by atoms with van der Waals surface area (Å²) in [5, 5.41) is 1.70. The summed E-state index contributed by atoms with van der Waals surface area (Å²) in [5.41, 5.74) is 0.840. The smallest absolute Gasteiger partial charge is 0.268 e. The Morgan fingerprint density at radius 1 is 1.25 bits per heavy atom. The first-order chi connectivity index (χ1) is 9.74. The van der Waals surface area contributed by atoms with Crippen LogP contribution >= 0.6 is 23.1 Å². The minimum Gasteiger partial charge on any atom is -0.268 e. The summed E-state index contributed by atoms with van der Waals surface area (Å²) < 4.78 is 0. The van der Waals surface area contributed by atoms with E-state index in [9.17, 15) is 9.59 Å². The molecular weight excluding hydrogens is 292 g/mol. The summed E-state index contributed by atoms with van der Waals surface area (Å²) in [5.74, 6) is -0.239. The van der Waals surface area contributed by atoms with Crippen molar-refractivity contribution in [1.29, 1.82) is 0 Å². The molecule has 0 saturated carbocycles. The Bertz CT molecular complexity index is 666. The van der Waals surface area contributed by atoms with Crippen LogP contribution in [0.2, 0.25) is 0 Å². The number of hydrogen-bond donors (Lipinski definition) is 0. The number of carbonyl (C=O) groups excluding carboxylic acids is 2. The monoisotopic (exact) mass is 302 g/mol. The summed E-state index contributed by atoms with van der Waals surface area (Å²) in [4.78, 5) is 30.9. The highest BCUT2D eigenvalue weighted by Crippen LogP contribution is 2.33. The summed E-state index contributed by atoms with van der Waals surface area (Å²) in [6.07, 6.45) is 5.08. The molecule has 100 valence electrons. The van der Waals surface area contributed by atoms with E-state index in [1.54, 1.807) is 24.5 Å². The third-order valence-electron chi connectivity index (χ3n) is 2.75. The third kappa shape index (κ3) is 2.66. The Morgan fingerprint density at radius 3 is 2.85 bits per heavy atom. The molecule has 0 N–H and O–H groups in total. The van der Waals surface area contributed by atoms with Crippen LogP contribution in [-0.2, 0) is 11.3 Å². The zero-order chi connectivity index (χ0) is 13.9. The Morgan fingerprint density at radius 2 is 2.15 bits per heavy atom. The second-order valence-corrected chi connectivity index (χ2v) is 6.12. The molecule has 4 nitrogen and oxygen atoms in total. The van der Waals surface area contributed by atoms with Crippen molar-refractivity contribution in [1.82, 2.24) is 9.88 Å². The fourth-order valence-electron chi connectivity index (χ4n) is 1.81. The summed E-state index contributed by atoms with van der Waals surface area (Å²) >= 11 is 2.52. The lowest BCUT2D eigenvalue weighted by molar-refractivity contribution is -0.123. The quantitative estimate of drug-likeness (QED) is 0.816. The highest BCUT2D eigenvalue weighted by molar-refractivity contribution is 8.18. The molecule has 0 atom stereocenters. The van der Waals surface area contributed by atoms with Gasteiger partial charge in [-0.3, -0.25) is 19.5 Å². The maximum absolute atomic E-state index is 12.2. The topological polar surface area (TPSA) is 50.3 Å². The standard InChI is InChI=1S/C14H10N2O2S2/c17-13-12(7-11-4-2-6-19-11)20-14(18)16(13)9-10-3-1-5-15-8-10/h1-8H,9H2/b12-7-. The fraction of sp³-hybridized carbons (Fsp3) is 0.0714. The van der Waals surface area contributed by atoms with Gasteiger partial charge in [0.2, 0.25) is 0 Å². The van der Waals surface area contributed by atoms with Crippen molar-refractivity contribution in [3.8, 4) is 0 Å². The van der Waals surface area contributed by atoms with Crippen molar-refractivity contribution in [2.45, 2.75) is 6.54 Å². The largest absolute Gasteiger partial charge is 0.293 e. The molecule has 0 unspecified atom stereocenters. The predicted molar refractivity (Wildman–Crippen MR) is 80.1 cm³/mol. The van der Waals surface area contributed by atoms with Crippen molar-refractivity contribution in [3.05, 3.63) is 57.4 Å². The van der Waals surface area contributed by atoms with Crippen LogP contribution in [0.5, 0.6) is 0 Å². The molecule has 3 rings (SSSR count). The highest BCUT2D eigenvalue weighted by Gasteiger charge is 2.34. The lowest BCUT2D eigenvalue weighted by Gasteiger charge is -2.11. The van der Waals surface area contributed by atoms with Gasteiger partial charge in [-0.1, -0.05) is 12.1 Å². The van der Waals surface area contributed by atoms with Crippen LogP contribution in [0.15, 0.2) is 46.9 Å². The number of imide groups is 1. The van der Waals surface area contributed by atoms with E-state index in [0.717, 1.165) is 22.2 Å². The molecule has 20 heavy (non-hydrogen) atoms. The number of thiophene rings is 1. The first-order valence-electron chi connectivity index (χ1n) is 5.92. The average Bonchev–Trinajstić information content (AvgIpc) is 3.05. The van der Waals surface area contributed by atoms with Crippen LogP contribution in [0.4, 0.5) is 4.79 Å². The van der Waals surface area contributed by atoms with E-state index in [0.29, 0.717) is 4.91 Å². The molecule has 2 aromatic rings. The molecule has 2 aromatic heterocycles. The second-order valence-electron chi connectivity index (χ2n) is 4.14. The second kappa shape index (κ2) is 5.60. The SMILES string of the molecule is O=C1S/C(=C\c2cccs2)C(=O)N1Cc1cccnc1. The van der Waals surface area contributed by atoms with Crippen molar-refractivity contribution in [2.24, 2.45) is 0 Å².